The van der Waals surface area contributed by atoms with Crippen LogP contribution in [0.2, 0.25) is 0 Å². The van der Waals surface area contributed by atoms with E-state index in [1.165, 1.54) is 32.4 Å². The van der Waals surface area contributed by atoms with Gasteiger partial charge in [-0.3, -0.25) is 4.79 Å². The summed E-state index contributed by atoms with van der Waals surface area (Å²) in [6.45, 7) is -0.441. The Morgan fingerprint density at radius 3 is 2.52 bits per heavy atom. The summed E-state index contributed by atoms with van der Waals surface area (Å²) in [6.07, 6.45) is 3.54. The van der Waals surface area contributed by atoms with E-state index in [4.69, 9.17) is 9.47 Å². The van der Waals surface area contributed by atoms with E-state index in [1.54, 1.807) is 0 Å². The van der Waals surface area contributed by atoms with Crippen molar-refractivity contribution in [1.82, 2.24) is 10.0 Å². The molecule has 2 rings (SSSR count). The molecule has 0 aliphatic heterocycles. The Kier molecular flexibility index (Phi) is 6.38. The van der Waals surface area contributed by atoms with Crippen molar-refractivity contribution < 1.29 is 27.5 Å². The smallest absolute Gasteiger partial charge is 0.338 e. The van der Waals surface area contributed by atoms with Gasteiger partial charge in [-0.2, -0.15) is 0 Å². The van der Waals surface area contributed by atoms with E-state index in [1.807, 2.05) is 0 Å². The molecule has 0 radical (unpaired) electrons. The van der Waals surface area contributed by atoms with E-state index in [0.29, 0.717) is 0 Å². The zero-order valence-electron chi connectivity index (χ0n) is 14.2. The molecule has 25 heavy (non-hydrogen) atoms. The van der Waals surface area contributed by atoms with Crippen LogP contribution in [0.3, 0.4) is 0 Å². The van der Waals surface area contributed by atoms with Crippen molar-refractivity contribution >= 4 is 21.9 Å². The van der Waals surface area contributed by atoms with Crippen LogP contribution in [0.5, 0.6) is 5.75 Å². The molecule has 9 heteroatoms. The topological polar surface area (TPSA) is 111 Å². The van der Waals surface area contributed by atoms with Crippen LogP contribution >= 0.6 is 0 Å². The summed E-state index contributed by atoms with van der Waals surface area (Å²) in [5, 5.41) is 2.32. The molecule has 1 amide bonds. The van der Waals surface area contributed by atoms with E-state index >= 15 is 0 Å². The second-order valence-electron chi connectivity index (χ2n) is 5.72. The first-order valence-electron chi connectivity index (χ1n) is 7.95. The highest BCUT2D eigenvalue weighted by Gasteiger charge is 2.27. The summed E-state index contributed by atoms with van der Waals surface area (Å²) in [5.41, 5.74) is 0.0245. The monoisotopic (exact) mass is 370 g/mol. The van der Waals surface area contributed by atoms with Gasteiger partial charge in [0.1, 0.15) is 10.6 Å². The van der Waals surface area contributed by atoms with E-state index in [9.17, 15) is 18.0 Å². The molecule has 8 nitrogen and oxygen atoms in total. The maximum atomic E-state index is 12.6. The standard InChI is InChI=1S/C16H22N2O6S/c1-17-15(19)10-24-16(20)11-7-8-13(23-2)14(9-11)25(21,22)18-12-5-3-4-6-12/h7-9,12,18H,3-6,10H2,1-2H3,(H,17,19). The molecule has 0 heterocycles. The molecule has 1 fully saturated rings. The Hall–Kier alpha value is -2.13. The number of nitrogens with one attached hydrogen (secondary N) is 2. The minimum absolute atomic E-state index is 0.0245. The number of methoxy groups -OCH3 is 1. The van der Waals surface area contributed by atoms with Crippen molar-refractivity contribution in [2.45, 2.75) is 36.6 Å². The van der Waals surface area contributed by atoms with Crippen molar-refractivity contribution in [3.63, 3.8) is 0 Å². The third kappa shape index (κ3) is 4.93. The zero-order chi connectivity index (χ0) is 18.4. The third-order valence-corrected chi connectivity index (χ3v) is 5.52. The van der Waals surface area contributed by atoms with Crippen LogP contribution in [0.1, 0.15) is 36.0 Å². The lowest BCUT2D eigenvalue weighted by molar-refractivity contribution is -0.123. The number of hydrogen-bond donors (Lipinski definition) is 2. The van der Waals surface area contributed by atoms with E-state index in [0.717, 1.165) is 25.7 Å². The van der Waals surface area contributed by atoms with Gasteiger partial charge in [-0.25, -0.2) is 17.9 Å². The van der Waals surface area contributed by atoms with Crippen LogP contribution < -0.4 is 14.8 Å². The largest absolute Gasteiger partial charge is 0.495 e. The van der Waals surface area contributed by atoms with Crippen LogP contribution in [0.15, 0.2) is 23.1 Å². The normalized spacial score (nSPS) is 15.0. The predicted octanol–water partition coefficient (Wildman–Crippen LogP) is 0.819. The Labute approximate surface area is 146 Å². The second-order valence-corrected chi connectivity index (χ2v) is 7.40. The third-order valence-electron chi connectivity index (χ3n) is 3.98. The molecular weight excluding hydrogens is 348 g/mol. The van der Waals surface area contributed by atoms with Crippen molar-refractivity contribution in [3.05, 3.63) is 23.8 Å². The number of hydrogen-bond acceptors (Lipinski definition) is 6. The SMILES string of the molecule is CNC(=O)COC(=O)c1ccc(OC)c(S(=O)(=O)NC2CCCC2)c1. The summed E-state index contributed by atoms with van der Waals surface area (Å²) in [4.78, 5) is 23.1. The first kappa shape index (κ1) is 19.2. The Balaban J connectivity index is 2.23. The number of rotatable bonds is 7. The van der Waals surface area contributed by atoms with Gasteiger partial charge in [-0.05, 0) is 31.0 Å². The first-order chi connectivity index (χ1) is 11.9. The number of carbonyl (C=O) groups excluding carboxylic acids is 2. The zero-order valence-corrected chi connectivity index (χ0v) is 15.0. The van der Waals surface area contributed by atoms with Gasteiger partial charge in [0.25, 0.3) is 5.91 Å². The lowest BCUT2D eigenvalue weighted by Gasteiger charge is -2.15. The Bertz CT molecular complexity index is 741. The van der Waals surface area contributed by atoms with Crippen molar-refractivity contribution in [3.8, 4) is 5.75 Å². The number of amides is 1. The molecular formula is C16H22N2O6S. The number of ether oxygens (including phenoxy) is 2. The quantitative estimate of drug-likeness (QED) is 0.688. The highest BCUT2D eigenvalue weighted by Crippen LogP contribution is 2.27. The maximum absolute atomic E-state index is 12.6. The van der Waals surface area contributed by atoms with Gasteiger partial charge in [0.05, 0.1) is 12.7 Å². The fourth-order valence-electron chi connectivity index (χ4n) is 2.63. The number of likely N-dealkylation sites (N-methyl/N-ethyl adjacent to an activating group) is 1. The van der Waals surface area contributed by atoms with Crippen molar-refractivity contribution in [1.29, 1.82) is 0 Å². The molecule has 1 aliphatic carbocycles. The fraction of sp³-hybridized carbons (Fsp3) is 0.500. The minimum atomic E-state index is -3.84. The summed E-state index contributed by atoms with van der Waals surface area (Å²) in [7, 11) is -1.07. The number of sulfonamides is 1. The van der Waals surface area contributed by atoms with E-state index in [-0.39, 0.29) is 22.3 Å². The molecule has 1 aliphatic rings. The average molecular weight is 370 g/mol. The van der Waals surface area contributed by atoms with Gasteiger partial charge in [-0.15, -0.1) is 0 Å². The van der Waals surface area contributed by atoms with E-state index in [2.05, 4.69) is 10.0 Å². The average Bonchev–Trinajstić information content (AvgIpc) is 3.10. The number of esters is 1. The van der Waals surface area contributed by atoms with Crippen LogP contribution in [-0.4, -0.2) is 47.1 Å². The minimum Gasteiger partial charge on any atom is -0.495 e. The lowest BCUT2D eigenvalue weighted by Crippen LogP contribution is -2.33. The van der Waals surface area contributed by atoms with Gasteiger partial charge in [0.15, 0.2) is 6.61 Å². The molecule has 2 N–H and O–H groups in total. The molecule has 0 aromatic heterocycles. The second kappa shape index (κ2) is 8.30. The van der Waals surface area contributed by atoms with Crippen LogP contribution in [0.25, 0.3) is 0 Å². The highest BCUT2D eigenvalue weighted by molar-refractivity contribution is 7.89. The van der Waals surface area contributed by atoms with Gasteiger partial charge in [0, 0.05) is 13.1 Å². The Morgan fingerprint density at radius 1 is 1.24 bits per heavy atom. The number of benzene rings is 1. The summed E-state index contributed by atoms with van der Waals surface area (Å²) < 4.78 is 37.9. The molecule has 0 spiro atoms. The highest BCUT2D eigenvalue weighted by atomic mass is 32.2. The molecule has 0 bridgehead atoms. The van der Waals surface area contributed by atoms with Gasteiger partial charge >= 0.3 is 5.97 Å². The van der Waals surface area contributed by atoms with Crippen molar-refractivity contribution in [2.24, 2.45) is 0 Å². The van der Waals surface area contributed by atoms with Crippen LogP contribution in [-0.2, 0) is 19.6 Å². The lowest BCUT2D eigenvalue weighted by atomic mass is 10.2. The molecule has 1 saturated carbocycles. The Morgan fingerprint density at radius 2 is 1.92 bits per heavy atom. The van der Waals surface area contributed by atoms with Gasteiger partial charge in [0.2, 0.25) is 10.0 Å². The first-order valence-corrected chi connectivity index (χ1v) is 9.43. The molecule has 0 atom stereocenters. The van der Waals surface area contributed by atoms with E-state index < -0.39 is 28.5 Å². The van der Waals surface area contributed by atoms with Gasteiger partial charge in [-0.1, -0.05) is 12.8 Å². The van der Waals surface area contributed by atoms with Crippen LogP contribution in [0, 0.1) is 0 Å². The van der Waals surface area contributed by atoms with Crippen LogP contribution in [0.4, 0.5) is 0 Å². The molecule has 0 saturated heterocycles. The maximum Gasteiger partial charge on any atom is 0.338 e. The molecule has 1 aromatic carbocycles. The van der Waals surface area contributed by atoms with Gasteiger partial charge < -0.3 is 14.8 Å². The van der Waals surface area contributed by atoms with Crippen molar-refractivity contribution in [2.75, 3.05) is 20.8 Å². The molecule has 1 aromatic rings. The summed E-state index contributed by atoms with van der Waals surface area (Å²) in [5.74, 6) is -1.12. The summed E-state index contributed by atoms with van der Waals surface area (Å²) in [6, 6.07) is 3.86. The summed E-state index contributed by atoms with van der Waals surface area (Å²) >= 11 is 0. The predicted molar refractivity (Wildman–Crippen MR) is 89.9 cm³/mol. The molecule has 138 valence electrons. The number of carbonyl (C=O) groups is 2. The molecule has 0 unspecified atom stereocenters. The fourth-order valence-corrected chi connectivity index (χ4v) is 4.13.